The van der Waals surface area contributed by atoms with Gasteiger partial charge in [-0.3, -0.25) is 9.69 Å². The molecule has 0 aliphatic carbocycles. The largest absolute Gasteiger partial charge is 0.368 e. The standard InChI is InChI=1S/C17H25N7O/c1-11(14-20-16(18)22-17(21-14)23(3)4)24(5)10-12-6-8-13(9-7-12)15(25)19-2/h6-9,11H,10H2,1-5H3,(H,19,25)(H2,18,20,21,22). The highest BCUT2D eigenvalue weighted by atomic mass is 16.1. The molecular formula is C17H25N7O. The zero-order valence-electron chi connectivity index (χ0n) is 15.3. The van der Waals surface area contributed by atoms with E-state index in [1.165, 1.54) is 0 Å². The first-order chi connectivity index (χ1) is 11.8. The van der Waals surface area contributed by atoms with Crippen LogP contribution in [0.1, 0.15) is 34.7 Å². The van der Waals surface area contributed by atoms with E-state index in [1.807, 2.05) is 52.3 Å². The third kappa shape index (κ3) is 4.63. The molecule has 1 amide bonds. The Morgan fingerprint density at radius 2 is 1.80 bits per heavy atom. The lowest BCUT2D eigenvalue weighted by Crippen LogP contribution is -2.25. The van der Waals surface area contributed by atoms with Gasteiger partial charge in [-0.05, 0) is 31.7 Å². The van der Waals surface area contributed by atoms with E-state index in [2.05, 4.69) is 25.2 Å². The van der Waals surface area contributed by atoms with Crippen LogP contribution in [0.5, 0.6) is 0 Å². The summed E-state index contributed by atoms with van der Waals surface area (Å²) >= 11 is 0. The molecule has 3 N–H and O–H groups in total. The number of carbonyl (C=O) groups excluding carboxylic acids is 1. The van der Waals surface area contributed by atoms with Crippen molar-refractivity contribution in [3.05, 3.63) is 41.2 Å². The SMILES string of the molecule is CNC(=O)c1ccc(CN(C)C(C)c2nc(N)nc(N(C)C)n2)cc1. The molecule has 2 rings (SSSR count). The van der Waals surface area contributed by atoms with Crippen molar-refractivity contribution in [3.8, 4) is 0 Å². The molecule has 25 heavy (non-hydrogen) atoms. The third-order valence-electron chi connectivity index (χ3n) is 3.97. The molecule has 134 valence electrons. The highest BCUT2D eigenvalue weighted by molar-refractivity contribution is 5.93. The number of nitrogens with one attached hydrogen (secondary N) is 1. The fourth-order valence-corrected chi connectivity index (χ4v) is 2.31. The van der Waals surface area contributed by atoms with Gasteiger partial charge < -0.3 is 16.0 Å². The quantitative estimate of drug-likeness (QED) is 0.809. The molecule has 0 radical (unpaired) electrons. The van der Waals surface area contributed by atoms with E-state index in [1.54, 1.807) is 11.9 Å². The highest BCUT2D eigenvalue weighted by Gasteiger charge is 2.17. The minimum atomic E-state index is -0.0925. The van der Waals surface area contributed by atoms with Gasteiger partial charge in [0, 0.05) is 33.3 Å². The molecule has 1 unspecified atom stereocenters. The van der Waals surface area contributed by atoms with E-state index in [0.717, 1.165) is 5.56 Å². The van der Waals surface area contributed by atoms with Crippen LogP contribution in [-0.2, 0) is 6.54 Å². The summed E-state index contributed by atoms with van der Waals surface area (Å²) in [4.78, 5) is 28.4. The predicted octanol–water partition coefficient (Wildman–Crippen LogP) is 1.07. The van der Waals surface area contributed by atoms with Gasteiger partial charge in [-0.15, -0.1) is 0 Å². The van der Waals surface area contributed by atoms with Crippen molar-refractivity contribution < 1.29 is 4.79 Å². The van der Waals surface area contributed by atoms with Crippen molar-refractivity contribution in [2.24, 2.45) is 0 Å². The van der Waals surface area contributed by atoms with E-state index >= 15 is 0 Å². The zero-order chi connectivity index (χ0) is 18.6. The van der Waals surface area contributed by atoms with E-state index in [-0.39, 0.29) is 17.9 Å². The normalized spacial score (nSPS) is 12.1. The van der Waals surface area contributed by atoms with E-state index in [9.17, 15) is 4.79 Å². The van der Waals surface area contributed by atoms with Crippen molar-refractivity contribution in [1.82, 2.24) is 25.2 Å². The van der Waals surface area contributed by atoms with Gasteiger partial charge in [-0.2, -0.15) is 15.0 Å². The molecule has 1 heterocycles. The summed E-state index contributed by atoms with van der Waals surface area (Å²) < 4.78 is 0. The highest BCUT2D eigenvalue weighted by Crippen LogP contribution is 2.20. The van der Waals surface area contributed by atoms with E-state index in [0.29, 0.717) is 23.9 Å². The lowest BCUT2D eigenvalue weighted by atomic mass is 10.1. The minimum Gasteiger partial charge on any atom is -0.368 e. The lowest BCUT2D eigenvalue weighted by molar-refractivity contribution is 0.0963. The van der Waals surface area contributed by atoms with Crippen LogP contribution in [0.15, 0.2) is 24.3 Å². The van der Waals surface area contributed by atoms with E-state index < -0.39 is 0 Å². The van der Waals surface area contributed by atoms with Gasteiger partial charge in [0.05, 0.1) is 6.04 Å². The zero-order valence-corrected chi connectivity index (χ0v) is 15.3. The molecule has 0 saturated heterocycles. The molecule has 0 spiro atoms. The smallest absolute Gasteiger partial charge is 0.251 e. The Balaban J connectivity index is 2.12. The number of carbonyl (C=O) groups is 1. The number of nitrogen functional groups attached to an aromatic ring is 1. The van der Waals surface area contributed by atoms with Crippen molar-refractivity contribution in [3.63, 3.8) is 0 Å². The summed E-state index contributed by atoms with van der Waals surface area (Å²) in [5.74, 6) is 1.28. The Morgan fingerprint density at radius 1 is 1.16 bits per heavy atom. The van der Waals surface area contributed by atoms with Gasteiger partial charge in [-0.25, -0.2) is 0 Å². The molecule has 0 aliphatic rings. The maximum absolute atomic E-state index is 11.6. The summed E-state index contributed by atoms with van der Waals surface area (Å²) in [6, 6.07) is 7.49. The number of aromatic nitrogens is 3. The first-order valence-electron chi connectivity index (χ1n) is 8.02. The van der Waals surface area contributed by atoms with Crippen LogP contribution in [0, 0.1) is 0 Å². The van der Waals surface area contributed by atoms with Gasteiger partial charge in [0.2, 0.25) is 11.9 Å². The molecule has 0 bridgehead atoms. The topological polar surface area (TPSA) is 100 Å². The number of hydrogen-bond donors (Lipinski definition) is 2. The number of anilines is 2. The molecule has 1 aromatic heterocycles. The predicted molar refractivity (Wildman–Crippen MR) is 98.3 cm³/mol. The maximum Gasteiger partial charge on any atom is 0.251 e. The average molecular weight is 343 g/mol. The summed E-state index contributed by atoms with van der Waals surface area (Å²) in [6.07, 6.45) is 0. The molecule has 1 aromatic carbocycles. The number of rotatable bonds is 6. The Bertz CT molecular complexity index is 730. The number of amides is 1. The number of hydrogen-bond acceptors (Lipinski definition) is 7. The van der Waals surface area contributed by atoms with Gasteiger partial charge in [0.15, 0.2) is 5.82 Å². The molecule has 0 saturated carbocycles. The van der Waals surface area contributed by atoms with Gasteiger partial charge in [-0.1, -0.05) is 12.1 Å². The fourth-order valence-electron chi connectivity index (χ4n) is 2.31. The second-order valence-corrected chi connectivity index (χ2v) is 6.11. The Hall–Kier alpha value is -2.74. The molecule has 1 atom stereocenters. The van der Waals surface area contributed by atoms with Crippen molar-refractivity contribution >= 4 is 17.8 Å². The first kappa shape index (κ1) is 18.6. The fraction of sp³-hybridized carbons (Fsp3) is 0.412. The second kappa shape index (κ2) is 7.89. The molecular weight excluding hydrogens is 318 g/mol. The Labute approximate surface area is 148 Å². The van der Waals surface area contributed by atoms with Crippen molar-refractivity contribution in [2.45, 2.75) is 19.5 Å². The second-order valence-electron chi connectivity index (χ2n) is 6.11. The van der Waals surface area contributed by atoms with Gasteiger partial charge in [0.1, 0.15) is 0 Å². The minimum absolute atomic E-state index is 0.0392. The van der Waals surface area contributed by atoms with Crippen LogP contribution >= 0.6 is 0 Å². The van der Waals surface area contributed by atoms with Crippen LogP contribution in [0.3, 0.4) is 0 Å². The van der Waals surface area contributed by atoms with E-state index in [4.69, 9.17) is 5.73 Å². The number of nitrogens with two attached hydrogens (primary N) is 1. The number of benzene rings is 1. The van der Waals surface area contributed by atoms with Crippen molar-refractivity contribution in [2.75, 3.05) is 38.8 Å². The van der Waals surface area contributed by atoms with Crippen molar-refractivity contribution in [1.29, 1.82) is 0 Å². The first-order valence-corrected chi connectivity index (χ1v) is 8.02. The average Bonchev–Trinajstić information content (AvgIpc) is 2.60. The van der Waals surface area contributed by atoms with Gasteiger partial charge in [0.25, 0.3) is 5.91 Å². The summed E-state index contributed by atoms with van der Waals surface area (Å²) in [5, 5.41) is 2.61. The molecule has 0 fully saturated rings. The summed E-state index contributed by atoms with van der Waals surface area (Å²) in [5.41, 5.74) is 7.54. The Kier molecular flexibility index (Phi) is 5.87. The third-order valence-corrected chi connectivity index (χ3v) is 3.97. The summed E-state index contributed by atoms with van der Waals surface area (Å²) in [6.45, 7) is 2.71. The molecule has 8 nitrogen and oxygen atoms in total. The van der Waals surface area contributed by atoms with Crippen LogP contribution < -0.4 is 16.0 Å². The maximum atomic E-state index is 11.6. The Morgan fingerprint density at radius 3 is 2.36 bits per heavy atom. The molecule has 2 aromatic rings. The monoisotopic (exact) mass is 343 g/mol. The summed E-state index contributed by atoms with van der Waals surface area (Å²) in [7, 11) is 7.34. The van der Waals surface area contributed by atoms with Crippen LogP contribution in [0.25, 0.3) is 0 Å². The molecule has 8 heteroatoms. The lowest BCUT2D eigenvalue weighted by Gasteiger charge is -2.24. The van der Waals surface area contributed by atoms with Gasteiger partial charge >= 0.3 is 0 Å². The number of nitrogens with zero attached hydrogens (tertiary/aromatic N) is 5. The van der Waals surface area contributed by atoms with Crippen LogP contribution in [0.2, 0.25) is 0 Å². The van der Waals surface area contributed by atoms with Crippen LogP contribution in [-0.4, -0.2) is 53.9 Å². The molecule has 0 aliphatic heterocycles. The van der Waals surface area contributed by atoms with Crippen LogP contribution in [0.4, 0.5) is 11.9 Å².